The molecule has 0 aromatic rings. The highest BCUT2D eigenvalue weighted by molar-refractivity contribution is 7.89. The number of nitrogens with zero attached hydrogens (tertiary/aromatic N) is 3. The van der Waals surface area contributed by atoms with Gasteiger partial charge in [-0.15, -0.1) is 0 Å². The van der Waals surface area contributed by atoms with Crippen molar-refractivity contribution in [2.24, 2.45) is 0 Å². The van der Waals surface area contributed by atoms with Crippen molar-refractivity contribution in [3.63, 3.8) is 0 Å². The van der Waals surface area contributed by atoms with Gasteiger partial charge in [0, 0.05) is 32.7 Å². The van der Waals surface area contributed by atoms with Crippen molar-refractivity contribution in [3.05, 3.63) is 0 Å². The van der Waals surface area contributed by atoms with Gasteiger partial charge in [-0.05, 0) is 47.5 Å². The third-order valence-electron chi connectivity index (χ3n) is 4.67. The average Bonchev–Trinajstić information content (AvgIpc) is 3.02. The number of likely N-dealkylation sites (tertiary alicyclic amines) is 1. The Morgan fingerprint density at radius 3 is 2.12 bits per heavy atom. The van der Waals surface area contributed by atoms with Crippen LogP contribution in [0.15, 0.2) is 0 Å². The summed E-state index contributed by atoms with van der Waals surface area (Å²) < 4.78 is 31.3. The van der Waals surface area contributed by atoms with Gasteiger partial charge in [-0.1, -0.05) is 0 Å². The van der Waals surface area contributed by atoms with Crippen LogP contribution in [0.1, 0.15) is 47.5 Å². The number of ether oxygens (including phenoxy) is 1. The van der Waals surface area contributed by atoms with Gasteiger partial charge >= 0.3 is 6.09 Å². The number of amides is 2. The summed E-state index contributed by atoms with van der Waals surface area (Å²) in [5.74, 6) is -0.116. The first-order valence-corrected chi connectivity index (χ1v) is 10.7. The van der Waals surface area contributed by atoms with Crippen LogP contribution in [0.3, 0.4) is 0 Å². The molecule has 8 nitrogen and oxygen atoms in total. The molecule has 0 aromatic carbocycles. The van der Waals surface area contributed by atoms with E-state index in [0.29, 0.717) is 39.1 Å². The van der Waals surface area contributed by atoms with Crippen LogP contribution in [0.25, 0.3) is 0 Å². The monoisotopic (exact) mass is 389 g/mol. The summed E-state index contributed by atoms with van der Waals surface area (Å²) in [4.78, 5) is 28.4. The Morgan fingerprint density at radius 2 is 1.62 bits per heavy atom. The molecular weight excluding hydrogens is 358 g/mol. The van der Waals surface area contributed by atoms with E-state index in [-0.39, 0.29) is 5.91 Å². The van der Waals surface area contributed by atoms with Gasteiger partial charge in [0.2, 0.25) is 15.9 Å². The third kappa shape index (κ3) is 4.68. The van der Waals surface area contributed by atoms with Crippen LogP contribution in [0, 0.1) is 0 Å². The van der Waals surface area contributed by atoms with Crippen LogP contribution in [0.5, 0.6) is 0 Å². The summed E-state index contributed by atoms with van der Waals surface area (Å²) in [6.45, 7) is 10.5. The van der Waals surface area contributed by atoms with E-state index in [0.717, 1.165) is 6.42 Å². The summed E-state index contributed by atoms with van der Waals surface area (Å²) in [5.41, 5.74) is -0.607. The minimum absolute atomic E-state index is 0.116. The van der Waals surface area contributed by atoms with Crippen molar-refractivity contribution >= 4 is 22.0 Å². The topological polar surface area (TPSA) is 87.2 Å². The van der Waals surface area contributed by atoms with Crippen molar-refractivity contribution in [2.45, 2.75) is 64.4 Å². The second kappa shape index (κ2) is 7.72. The van der Waals surface area contributed by atoms with Gasteiger partial charge in [-0.3, -0.25) is 9.69 Å². The quantitative estimate of drug-likeness (QED) is 0.725. The molecule has 0 aromatic heterocycles. The molecule has 2 heterocycles. The smallest absolute Gasteiger partial charge is 0.410 e. The second-order valence-electron chi connectivity index (χ2n) is 8.15. The SMILES string of the molecule is CC(C)S(=O)(=O)N1CCN(C(=O)C2CCCN2C(=O)OC(C)(C)C)CC1. The van der Waals surface area contributed by atoms with E-state index in [9.17, 15) is 18.0 Å². The summed E-state index contributed by atoms with van der Waals surface area (Å²) in [7, 11) is -3.30. The maximum absolute atomic E-state index is 12.9. The predicted molar refractivity (Wildman–Crippen MR) is 98.2 cm³/mol. The molecule has 0 saturated carbocycles. The third-order valence-corrected chi connectivity index (χ3v) is 6.95. The number of carbonyl (C=O) groups is 2. The van der Waals surface area contributed by atoms with Crippen molar-refractivity contribution in [1.82, 2.24) is 14.1 Å². The average molecular weight is 390 g/mol. The van der Waals surface area contributed by atoms with Gasteiger partial charge in [-0.2, -0.15) is 4.31 Å². The zero-order chi connectivity index (χ0) is 19.7. The first-order valence-electron chi connectivity index (χ1n) is 9.21. The van der Waals surface area contributed by atoms with Gasteiger partial charge < -0.3 is 9.64 Å². The lowest BCUT2D eigenvalue weighted by Crippen LogP contribution is -2.56. The van der Waals surface area contributed by atoms with Gasteiger partial charge in [0.05, 0.1) is 5.25 Å². The molecule has 9 heteroatoms. The summed E-state index contributed by atoms with van der Waals surface area (Å²) in [6.07, 6.45) is 0.911. The molecule has 0 N–H and O–H groups in total. The Hall–Kier alpha value is -1.35. The van der Waals surface area contributed by atoms with E-state index in [1.54, 1.807) is 39.5 Å². The Morgan fingerprint density at radius 1 is 1.04 bits per heavy atom. The van der Waals surface area contributed by atoms with E-state index in [1.165, 1.54) is 9.21 Å². The fourth-order valence-electron chi connectivity index (χ4n) is 3.23. The maximum atomic E-state index is 12.9. The largest absolute Gasteiger partial charge is 0.444 e. The molecule has 2 fully saturated rings. The number of carbonyl (C=O) groups excluding carboxylic acids is 2. The number of sulfonamides is 1. The molecule has 2 aliphatic rings. The molecule has 2 amide bonds. The normalized spacial score (nSPS) is 22.8. The molecule has 0 bridgehead atoms. The Balaban J connectivity index is 1.98. The molecule has 2 saturated heterocycles. The van der Waals surface area contributed by atoms with Crippen molar-refractivity contribution < 1.29 is 22.7 Å². The molecule has 0 radical (unpaired) electrons. The van der Waals surface area contributed by atoms with Gasteiger partial charge in [-0.25, -0.2) is 13.2 Å². The molecule has 26 heavy (non-hydrogen) atoms. The highest BCUT2D eigenvalue weighted by atomic mass is 32.2. The van der Waals surface area contributed by atoms with Crippen LogP contribution >= 0.6 is 0 Å². The summed E-state index contributed by atoms with van der Waals surface area (Å²) in [6, 6.07) is -0.516. The van der Waals surface area contributed by atoms with Crippen LogP contribution in [-0.2, 0) is 19.6 Å². The maximum Gasteiger partial charge on any atom is 0.410 e. The predicted octanol–water partition coefficient (Wildman–Crippen LogP) is 1.27. The van der Waals surface area contributed by atoms with E-state index >= 15 is 0 Å². The first kappa shape index (κ1) is 21.0. The molecule has 0 aliphatic carbocycles. The Labute approximate surface area is 156 Å². The van der Waals surface area contributed by atoms with Gasteiger partial charge in [0.25, 0.3) is 0 Å². The van der Waals surface area contributed by atoms with Gasteiger partial charge in [0.1, 0.15) is 11.6 Å². The van der Waals surface area contributed by atoms with Crippen LogP contribution in [0.4, 0.5) is 4.79 Å². The fourth-order valence-corrected chi connectivity index (χ4v) is 4.50. The zero-order valence-electron chi connectivity index (χ0n) is 16.4. The number of piperazine rings is 1. The molecule has 2 rings (SSSR count). The lowest BCUT2D eigenvalue weighted by molar-refractivity contribution is -0.137. The first-order chi connectivity index (χ1) is 11.9. The highest BCUT2D eigenvalue weighted by Gasteiger charge is 2.40. The molecule has 1 unspecified atom stereocenters. The van der Waals surface area contributed by atoms with Crippen LogP contribution < -0.4 is 0 Å². The van der Waals surface area contributed by atoms with Crippen molar-refractivity contribution in [1.29, 1.82) is 0 Å². The lowest BCUT2D eigenvalue weighted by Gasteiger charge is -2.37. The second-order valence-corrected chi connectivity index (χ2v) is 10.6. The minimum atomic E-state index is -3.30. The zero-order valence-corrected chi connectivity index (χ0v) is 17.2. The lowest BCUT2D eigenvalue weighted by atomic mass is 10.1. The fraction of sp³-hybridized carbons (Fsp3) is 0.882. The van der Waals surface area contributed by atoms with Crippen molar-refractivity contribution in [2.75, 3.05) is 32.7 Å². The van der Waals surface area contributed by atoms with E-state index in [2.05, 4.69) is 0 Å². The standard InChI is InChI=1S/C17H31N3O5S/c1-13(2)26(23,24)19-11-9-18(10-12-19)15(21)14-7-6-8-20(14)16(22)25-17(3,4)5/h13-14H,6-12H2,1-5H3. The summed E-state index contributed by atoms with van der Waals surface area (Å²) in [5, 5.41) is -0.470. The Bertz CT molecular complexity index is 633. The van der Waals surface area contributed by atoms with E-state index in [1.807, 2.05) is 0 Å². The highest BCUT2D eigenvalue weighted by Crippen LogP contribution is 2.23. The van der Waals surface area contributed by atoms with E-state index < -0.39 is 33.0 Å². The summed E-state index contributed by atoms with van der Waals surface area (Å²) >= 11 is 0. The van der Waals surface area contributed by atoms with Crippen LogP contribution in [-0.4, -0.2) is 84.1 Å². The Kier molecular flexibility index (Phi) is 6.22. The molecular formula is C17H31N3O5S. The number of hydrogen-bond acceptors (Lipinski definition) is 5. The molecule has 150 valence electrons. The number of hydrogen-bond donors (Lipinski definition) is 0. The minimum Gasteiger partial charge on any atom is -0.444 e. The number of rotatable bonds is 3. The van der Waals surface area contributed by atoms with E-state index in [4.69, 9.17) is 4.74 Å². The molecule has 1 atom stereocenters. The van der Waals surface area contributed by atoms with Gasteiger partial charge in [0.15, 0.2) is 0 Å². The molecule has 2 aliphatic heterocycles. The van der Waals surface area contributed by atoms with Crippen LogP contribution in [0.2, 0.25) is 0 Å². The van der Waals surface area contributed by atoms with Crippen molar-refractivity contribution in [3.8, 4) is 0 Å². The molecule has 0 spiro atoms.